The number of halogens is 3. The smallest absolute Gasteiger partial charge is 0.185 e. The maximum Gasteiger partial charge on any atom is 0.185 e. The summed E-state index contributed by atoms with van der Waals surface area (Å²) in [4.78, 5) is 21.1. The van der Waals surface area contributed by atoms with Gasteiger partial charge in [0.2, 0.25) is 0 Å². The largest absolute Gasteiger partial charge is 0.328 e. The van der Waals surface area contributed by atoms with Gasteiger partial charge in [0.05, 0.1) is 5.56 Å². The van der Waals surface area contributed by atoms with Crippen molar-refractivity contribution in [2.24, 2.45) is 5.73 Å². The summed E-state index contributed by atoms with van der Waals surface area (Å²) in [6, 6.07) is 7.49. The molecule has 0 spiro atoms. The van der Waals surface area contributed by atoms with Crippen LogP contribution < -0.4 is 5.73 Å². The number of carbonyl (C=O) groups excluding carboxylic acids is 1. The van der Waals surface area contributed by atoms with Crippen molar-refractivity contribution in [2.75, 3.05) is 0 Å². The van der Waals surface area contributed by atoms with Crippen LogP contribution in [0.3, 0.4) is 0 Å². The van der Waals surface area contributed by atoms with Crippen molar-refractivity contribution in [3.63, 3.8) is 0 Å². The van der Waals surface area contributed by atoms with E-state index in [-0.39, 0.29) is 29.9 Å². The molecule has 1 saturated carbocycles. The lowest BCUT2D eigenvalue weighted by atomic mass is 9.80. The molecular formula is C24H22F3N3O. The normalized spacial score (nSPS) is 18.7. The van der Waals surface area contributed by atoms with E-state index in [1.807, 2.05) is 6.07 Å². The number of ketones is 1. The molecule has 2 N–H and O–H groups in total. The van der Waals surface area contributed by atoms with Gasteiger partial charge in [-0.15, -0.1) is 0 Å². The molecule has 3 aromatic rings. The van der Waals surface area contributed by atoms with Crippen LogP contribution in [0.2, 0.25) is 0 Å². The van der Waals surface area contributed by atoms with Gasteiger partial charge in [0.15, 0.2) is 5.78 Å². The van der Waals surface area contributed by atoms with Crippen molar-refractivity contribution < 1.29 is 18.0 Å². The van der Waals surface area contributed by atoms with Crippen LogP contribution in [0.1, 0.15) is 53.2 Å². The second kappa shape index (κ2) is 8.98. The summed E-state index contributed by atoms with van der Waals surface area (Å²) in [5.41, 5.74) is 6.74. The van der Waals surface area contributed by atoms with Crippen molar-refractivity contribution in [3.05, 3.63) is 83.1 Å². The van der Waals surface area contributed by atoms with Crippen molar-refractivity contribution in [1.82, 2.24) is 9.97 Å². The Labute approximate surface area is 178 Å². The molecule has 1 aliphatic rings. The molecule has 1 aromatic carbocycles. The summed E-state index contributed by atoms with van der Waals surface area (Å²) in [5.74, 6) is -2.93. The number of carbonyl (C=O) groups is 1. The highest BCUT2D eigenvalue weighted by Crippen LogP contribution is 2.34. The summed E-state index contributed by atoms with van der Waals surface area (Å²) >= 11 is 0. The lowest BCUT2D eigenvalue weighted by Gasteiger charge is -2.28. The van der Waals surface area contributed by atoms with E-state index in [2.05, 4.69) is 9.97 Å². The van der Waals surface area contributed by atoms with Gasteiger partial charge >= 0.3 is 0 Å². The van der Waals surface area contributed by atoms with Crippen LogP contribution in [0, 0.1) is 17.5 Å². The third-order valence-electron chi connectivity index (χ3n) is 5.78. The Balaban J connectivity index is 1.64. The fraction of sp³-hybridized carbons (Fsp3) is 0.292. The molecule has 0 amide bonds. The molecule has 2 aromatic heterocycles. The van der Waals surface area contributed by atoms with E-state index in [9.17, 15) is 18.0 Å². The van der Waals surface area contributed by atoms with E-state index < -0.39 is 28.7 Å². The van der Waals surface area contributed by atoms with Crippen LogP contribution in [0.4, 0.5) is 13.2 Å². The highest BCUT2D eigenvalue weighted by atomic mass is 19.1. The van der Waals surface area contributed by atoms with Crippen LogP contribution in [0.15, 0.2) is 48.8 Å². The fourth-order valence-electron chi connectivity index (χ4n) is 4.25. The Hall–Kier alpha value is -3.06. The average molecular weight is 425 g/mol. The van der Waals surface area contributed by atoms with Gasteiger partial charge in [-0.3, -0.25) is 9.78 Å². The number of rotatable bonds is 5. The third kappa shape index (κ3) is 4.51. The molecule has 4 nitrogen and oxygen atoms in total. The van der Waals surface area contributed by atoms with Crippen molar-refractivity contribution in [3.8, 4) is 11.3 Å². The number of aromatic nitrogens is 2. The molecule has 2 heterocycles. The highest BCUT2D eigenvalue weighted by molar-refractivity contribution is 5.96. The van der Waals surface area contributed by atoms with E-state index in [4.69, 9.17) is 5.73 Å². The lowest BCUT2D eigenvalue weighted by Crippen LogP contribution is -2.27. The maximum atomic E-state index is 14.3. The van der Waals surface area contributed by atoms with E-state index in [0.29, 0.717) is 0 Å². The first-order valence-electron chi connectivity index (χ1n) is 10.3. The minimum atomic E-state index is -0.945. The van der Waals surface area contributed by atoms with Gasteiger partial charge in [0.25, 0.3) is 0 Å². The van der Waals surface area contributed by atoms with E-state index in [1.165, 1.54) is 12.1 Å². The molecule has 0 bridgehead atoms. The third-order valence-corrected chi connectivity index (χ3v) is 5.78. The first-order chi connectivity index (χ1) is 14.9. The molecule has 4 rings (SSSR count). The Morgan fingerprint density at radius 2 is 1.81 bits per heavy atom. The summed E-state index contributed by atoms with van der Waals surface area (Å²) in [6.07, 6.45) is 7.20. The predicted octanol–water partition coefficient (Wildman–Crippen LogP) is 4.97. The second-order valence-electron chi connectivity index (χ2n) is 7.92. The fourth-order valence-corrected chi connectivity index (χ4v) is 4.25. The van der Waals surface area contributed by atoms with Gasteiger partial charge in [-0.05, 0) is 66.6 Å². The van der Waals surface area contributed by atoms with Gasteiger partial charge in [-0.25, -0.2) is 18.2 Å². The van der Waals surface area contributed by atoms with Crippen molar-refractivity contribution in [1.29, 1.82) is 0 Å². The Morgan fingerprint density at radius 3 is 2.55 bits per heavy atom. The van der Waals surface area contributed by atoms with E-state index in [1.54, 1.807) is 12.4 Å². The van der Waals surface area contributed by atoms with Gasteiger partial charge in [-0.2, -0.15) is 0 Å². The molecule has 0 aliphatic heterocycles. The zero-order valence-electron chi connectivity index (χ0n) is 16.8. The number of pyridine rings is 2. The topological polar surface area (TPSA) is 68.9 Å². The molecule has 2 atom stereocenters. The lowest BCUT2D eigenvalue weighted by molar-refractivity contribution is 0.0987. The van der Waals surface area contributed by atoms with E-state index in [0.717, 1.165) is 55.0 Å². The molecule has 1 fully saturated rings. The maximum absolute atomic E-state index is 14.3. The van der Waals surface area contributed by atoms with Gasteiger partial charge in [0, 0.05) is 24.9 Å². The number of nitrogens with zero attached hydrogens (tertiary/aromatic N) is 2. The Kier molecular flexibility index (Phi) is 6.13. The van der Waals surface area contributed by atoms with Gasteiger partial charge in [-0.1, -0.05) is 12.5 Å². The number of nitrogens with two attached hydrogens (primary N) is 1. The molecular weight excluding hydrogens is 403 g/mol. The summed E-state index contributed by atoms with van der Waals surface area (Å²) in [6.45, 7) is 0. The quantitative estimate of drug-likeness (QED) is 0.586. The minimum Gasteiger partial charge on any atom is -0.328 e. The standard InChI is InChI=1S/C24H22F3N3O/c25-18-5-2-6-19(26)23(18)24-20(27)7-8-21(30-24)22(31)12-15-13-29-10-9-17(15)14-3-1-4-16(28)11-14/h2,5-10,13-14,16H,1,3-4,11-12,28H2/t14?,16-/m0/s1. The summed E-state index contributed by atoms with van der Waals surface area (Å²) in [7, 11) is 0. The second-order valence-corrected chi connectivity index (χ2v) is 7.92. The zero-order chi connectivity index (χ0) is 22.0. The van der Waals surface area contributed by atoms with Gasteiger partial charge in [0.1, 0.15) is 28.8 Å². The van der Waals surface area contributed by atoms with Crippen molar-refractivity contribution >= 4 is 5.78 Å². The SMILES string of the molecule is N[C@H]1CCCC(c2ccncc2CC(=O)c2ccc(F)c(-c3c(F)cccc3F)n2)C1. The monoisotopic (exact) mass is 425 g/mol. The zero-order valence-corrected chi connectivity index (χ0v) is 16.8. The van der Waals surface area contributed by atoms with Crippen LogP contribution in [-0.4, -0.2) is 21.8 Å². The first-order valence-corrected chi connectivity index (χ1v) is 10.3. The molecule has 1 aliphatic carbocycles. The van der Waals surface area contributed by atoms with E-state index >= 15 is 0 Å². The van der Waals surface area contributed by atoms with Crippen LogP contribution in [0.5, 0.6) is 0 Å². The molecule has 0 saturated heterocycles. The van der Waals surface area contributed by atoms with Crippen LogP contribution >= 0.6 is 0 Å². The van der Waals surface area contributed by atoms with Crippen LogP contribution in [0.25, 0.3) is 11.3 Å². The molecule has 7 heteroatoms. The molecule has 0 radical (unpaired) electrons. The minimum absolute atomic E-state index is 0.00668. The predicted molar refractivity (Wildman–Crippen MR) is 111 cm³/mol. The number of Topliss-reactive ketones (excluding diaryl/α,β-unsaturated/α-hetero) is 1. The Bertz CT molecular complexity index is 1100. The average Bonchev–Trinajstić information content (AvgIpc) is 2.75. The van der Waals surface area contributed by atoms with Gasteiger partial charge < -0.3 is 5.73 Å². The Morgan fingerprint density at radius 1 is 1.03 bits per heavy atom. The summed E-state index contributed by atoms with van der Waals surface area (Å²) in [5, 5.41) is 0. The molecule has 160 valence electrons. The number of hydrogen-bond acceptors (Lipinski definition) is 4. The van der Waals surface area contributed by atoms with Crippen molar-refractivity contribution in [2.45, 2.75) is 44.1 Å². The number of benzene rings is 1. The summed E-state index contributed by atoms with van der Waals surface area (Å²) < 4.78 is 42.6. The first kappa shape index (κ1) is 21.2. The number of hydrogen-bond donors (Lipinski definition) is 1. The molecule has 31 heavy (non-hydrogen) atoms. The molecule has 1 unspecified atom stereocenters. The van der Waals surface area contributed by atoms with Crippen LogP contribution in [-0.2, 0) is 6.42 Å². The highest BCUT2D eigenvalue weighted by Gasteiger charge is 2.24.